The number of rotatable bonds is 3. The number of nitrogens with zero attached hydrogens (tertiary/aromatic N) is 1. The molecule has 1 aromatic rings. The lowest BCUT2D eigenvalue weighted by Gasteiger charge is -2.31. The zero-order valence-electron chi connectivity index (χ0n) is 10.5. The molecule has 1 fully saturated rings. The van der Waals surface area contributed by atoms with Gasteiger partial charge in [-0.05, 0) is 42.5 Å². The molecule has 0 aromatic heterocycles. The standard InChI is InChI=1S/C14H21ClN2/c1-11-3-2-6-17(9-11)10-13-5-4-12(8-16)7-14(13)15/h4-5,7,11H,2-3,6,8-10,16H2,1H3. The van der Waals surface area contributed by atoms with Crippen LogP contribution in [0.1, 0.15) is 30.9 Å². The molecule has 1 aromatic carbocycles. The first-order valence-corrected chi connectivity index (χ1v) is 6.76. The van der Waals surface area contributed by atoms with Gasteiger partial charge in [0.1, 0.15) is 0 Å². The molecule has 0 spiro atoms. The van der Waals surface area contributed by atoms with Crippen molar-refractivity contribution in [3.63, 3.8) is 0 Å². The fourth-order valence-corrected chi connectivity index (χ4v) is 2.78. The van der Waals surface area contributed by atoms with Crippen LogP contribution in [0.5, 0.6) is 0 Å². The number of hydrogen-bond donors (Lipinski definition) is 1. The fourth-order valence-electron chi connectivity index (χ4n) is 2.52. The Labute approximate surface area is 109 Å². The van der Waals surface area contributed by atoms with E-state index in [2.05, 4.69) is 24.0 Å². The average Bonchev–Trinajstić information content (AvgIpc) is 2.32. The maximum atomic E-state index is 6.28. The van der Waals surface area contributed by atoms with Crippen LogP contribution >= 0.6 is 11.6 Å². The van der Waals surface area contributed by atoms with E-state index in [4.69, 9.17) is 17.3 Å². The summed E-state index contributed by atoms with van der Waals surface area (Å²) in [6.07, 6.45) is 2.66. The molecule has 1 heterocycles. The van der Waals surface area contributed by atoms with E-state index in [-0.39, 0.29) is 0 Å². The van der Waals surface area contributed by atoms with Crippen molar-refractivity contribution < 1.29 is 0 Å². The highest BCUT2D eigenvalue weighted by Crippen LogP contribution is 2.22. The molecule has 2 nitrogen and oxygen atoms in total. The summed E-state index contributed by atoms with van der Waals surface area (Å²) in [5, 5.41) is 0.853. The summed E-state index contributed by atoms with van der Waals surface area (Å²) >= 11 is 6.28. The summed E-state index contributed by atoms with van der Waals surface area (Å²) in [4.78, 5) is 2.50. The van der Waals surface area contributed by atoms with Crippen molar-refractivity contribution in [2.75, 3.05) is 13.1 Å². The maximum absolute atomic E-state index is 6.28. The first kappa shape index (κ1) is 12.9. The Balaban J connectivity index is 2.02. The quantitative estimate of drug-likeness (QED) is 0.896. The molecule has 2 rings (SSSR count). The van der Waals surface area contributed by atoms with Gasteiger partial charge >= 0.3 is 0 Å². The van der Waals surface area contributed by atoms with Gasteiger partial charge in [0.15, 0.2) is 0 Å². The van der Waals surface area contributed by atoms with Gasteiger partial charge in [-0.25, -0.2) is 0 Å². The van der Waals surface area contributed by atoms with Crippen LogP contribution in [0.2, 0.25) is 5.02 Å². The number of piperidine rings is 1. The Bertz CT molecular complexity index is 378. The summed E-state index contributed by atoms with van der Waals surface area (Å²) < 4.78 is 0. The molecule has 1 unspecified atom stereocenters. The highest BCUT2D eigenvalue weighted by Gasteiger charge is 2.17. The summed E-state index contributed by atoms with van der Waals surface area (Å²) in [7, 11) is 0. The Hall–Kier alpha value is -0.570. The second kappa shape index (κ2) is 5.85. The molecule has 2 N–H and O–H groups in total. The topological polar surface area (TPSA) is 29.3 Å². The van der Waals surface area contributed by atoms with Crippen molar-refractivity contribution in [2.24, 2.45) is 11.7 Å². The first-order valence-electron chi connectivity index (χ1n) is 6.38. The third-order valence-corrected chi connectivity index (χ3v) is 3.84. The van der Waals surface area contributed by atoms with Crippen molar-refractivity contribution in [3.8, 4) is 0 Å². The van der Waals surface area contributed by atoms with Gasteiger partial charge in [-0.3, -0.25) is 4.90 Å². The second-order valence-electron chi connectivity index (χ2n) is 5.11. The van der Waals surface area contributed by atoms with Gasteiger partial charge in [-0.1, -0.05) is 30.7 Å². The second-order valence-corrected chi connectivity index (χ2v) is 5.52. The number of likely N-dealkylation sites (tertiary alicyclic amines) is 1. The van der Waals surface area contributed by atoms with Crippen LogP contribution in [0.25, 0.3) is 0 Å². The maximum Gasteiger partial charge on any atom is 0.0454 e. The lowest BCUT2D eigenvalue weighted by molar-refractivity contribution is 0.176. The van der Waals surface area contributed by atoms with E-state index >= 15 is 0 Å². The molecule has 3 heteroatoms. The van der Waals surface area contributed by atoms with Crippen LogP contribution in [0.15, 0.2) is 18.2 Å². The van der Waals surface area contributed by atoms with Crippen molar-refractivity contribution in [2.45, 2.75) is 32.9 Å². The minimum absolute atomic E-state index is 0.556. The molecule has 0 saturated carbocycles. The predicted octanol–water partition coefficient (Wildman–Crippen LogP) is 3.03. The van der Waals surface area contributed by atoms with Crippen LogP contribution < -0.4 is 5.73 Å². The minimum Gasteiger partial charge on any atom is -0.326 e. The van der Waals surface area contributed by atoms with E-state index in [1.165, 1.54) is 31.5 Å². The van der Waals surface area contributed by atoms with E-state index in [0.717, 1.165) is 23.0 Å². The molecule has 0 radical (unpaired) electrons. The van der Waals surface area contributed by atoms with Crippen molar-refractivity contribution in [3.05, 3.63) is 34.3 Å². The van der Waals surface area contributed by atoms with Crippen molar-refractivity contribution in [1.82, 2.24) is 4.90 Å². The van der Waals surface area contributed by atoms with Gasteiger partial charge in [-0.15, -0.1) is 0 Å². The summed E-state index contributed by atoms with van der Waals surface area (Å²) in [5.41, 5.74) is 7.93. The summed E-state index contributed by atoms with van der Waals surface area (Å²) in [5.74, 6) is 0.811. The molecule has 0 amide bonds. The highest BCUT2D eigenvalue weighted by molar-refractivity contribution is 6.31. The van der Waals surface area contributed by atoms with Gasteiger partial charge in [-0.2, -0.15) is 0 Å². The van der Waals surface area contributed by atoms with Crippen molar-refractivity contribution in [1.29, 1.82) is 0 Å². The lowest BCUT2D eigenvalue weighted by Crippen LogP contribution is -2.33. The largest absolute Gasteiger partial charge is 0.326 e. The zero-order chi connectivity index (χ0) is 12.3. The van der Waals surface area contributed by atoms with Crippen LogP contribution in [-0.2, 0) is 13.1 Å². The first-order chi connectivity index (χ1) is 8.19. The van der Waals surface area contributed by atoms with E-state index in [1.807, 2.05) is 6.07 Å². The molecule has 17 heavy (non-hydrogen) atoms. The molecule has 94 valence electrons. The third kappa shape index (κ3) is 3.44. The van der Waals surface area contributed by atoms with Gasteiger partial charge in [0.2, 0.25) is 0 Å². The van der Waals surface area contributed by atoms with Gasteiger partial charge in [0.25, 0.3) is 0 Å². The average molecular weight is 253 g/mol. The number of hydrogen-bond acceptors (Lipinski definition) is 2. The molecule has 1 aliphatic rings. The highest BCUT2D eigenvalue weighted by atomic mass is 35.5. The minimum atomic E-state index is 0.556. The van der Waals surface area contributed by atoms with Crippen LogP contribution in [0.4, 0.5) is 0 Å². The molecular weight excluding hydrogens is 232 g/mol. The normalized spacial score (nSPS) is 21.7. The smallest absolute Gasteiger partial charge is 0.0454 e. The Morgan fingerprint density at radius 3 is 2.94 bits per heavy atom. The molecular formula is C14H21ClN2. The Morgan fingerprint density at radius 2 is 2.29 bits per heavy atom. The molecule has 1 aliphatic heterocycles. The number of halogens is 1. The molecule has 0 bridgehead atoms. The van der Waals surface area contributed by atoms with Gasteiger partial charge in [0.05, 0.1) is 0 Å². The van der Waals surface area contributed by atoms with E-state index in [0.29, 0.717) is 6.54 Å². The molecule has 1 saturated heterocycles. The molecule has 0 aliphatic carbocycles. The Morgan fingerprint density at radius 1 is 1.47 bits per heavy atom. The van der Waals surface area contributed by atoms with E-state index in [1.54, 1.807) is 0 Å². The van der Waals surface area contributed by atoms with E-state index in [9.17, 15) is 0 Å². The number of nitrogens with two attached hydrogens (primary N) is 1. The monoisotopic (exact) mass is 252 g/mol. The zero-order valence-corrected chi connectivity index (χ0v) is 11.2. The molecule has 1 atom stereocenters. The number of benzene rings is 1. The van der Waals surface area contributed by atoms with Crippen LogP contribution in [0.3, 0.4) is 0 Å². The SMILES string of the molecule is CC1CCCN(Cc2ccc(CN)cc2Cl)C1. The van der Waals surface area contributed by atoms with Gasteiger partial charge in [0, 0.05) is 24.7 Å². The van der Waals surface area contributed by atoms with E-state index < -0.39 is 0 Å². The summed E-state index contributed by atoms with van der Waals surface area (Å²) in [6, 6.07) is 6.18. The van der Waals surface area contributed by atoms with Gasteiger partial charge < -0.3 is 5.73 Å². The predicted molar refractivity (Wildman–Crippen MR) is 73.0 cm³/mol. The third-order valence-electron chi connectivity index (χ3n) is 3.49. The Kier molecular flexibility index (Phi) is 4.43. The fraction of sp³-hybridized carbons (Fsp3) is 0.571. The van der Waals surface area contributed by atoms with Crippen molar-refractivity contribution >= 4 is 11.6 Å². The lowest BCUT2D eigenvalue weighted by atomic mass is 9.99. The van der Waals surface area contributed by atoms with Crippen LogP contribution in [-0.4, -0.2) is 18.0 Å². The van der Waals surface area contributed by atoms with Crippen LogP contribution in [0, 0.1) is 5.92 Å². The summed E-state index contributed by atoms with van der Waals surface area (Å²) in [6.45, 7) is 6.23.